The summed E-state index contributed by atoms with van der Waals surface area (Å²) in [7, 11) is 0. The van der Waals surface area contributed by atoms with Crippen molar-refractivity contribution < 1.29 is 9.32 Å². The average Bonchev–Trinajstić information content (AvgIpc) is 3.37. The monoisotopic (exact) mass is 498 g/mol. The van der Waals surface area contributed by atoms with Crippen molar-refractivity contribution in [2.45, 2.75) is 32.7 Å². The lowest BCUT2D eigenvalue weighted by atomic mass is 9.94. The fraction of sp³-hybridized carbons (Fsp3) is 0.207. The molecule has 1 aromatic heterocycles. The van der Waals surface area contributed by atoms with Crippen molar-refractivity contribution in [2.24, 2.45) is 0 Å². The van der Waals surface area contributed by atoms with Gasteiger partial charge in [-0.15, -0.1) is 0 Å². The molecule has 0 aliphatic carbocycles. The third kappa shape index (κ3) is 5.04. The van der Waals surface area contributed by atoms with Crippen LogP contribution >= 0.6 is 11.6 Å². The van der Waals surface area contributed by atoms with Gasteiger partial charge in [-0.2, -0.15) is 4.98 Å². The Kier molecular flexibility index (Phi) is 6.87. The van der Waals surface area contributed by atoms with E-state index in [1.165, 1.54) is 5.56 Å². The Morgan fingerprint density at radius 2 is 1.78 bits per heavy atom. The maximum atomic E-state index is 13.2. The molecule has 2 heterocycles. The number of halogens is 1. The van der Waals surface area contributed by atoms with Gasteiger partial charge in [0.05, 0.1) is 11.6 Å². The van der Waals surface area contributed by atoms with E-state index in [0.717, 1.165) is 40.8 Å². The van der Waals surface area contributed by atoms with Gasteiger partial charge in [-0.05, 0) is 56.0 Å². The molecule has 36 heavy (non-hydrogen) atoms. The fourth-order valence-corrected chi connectivity index (χ4v) is 4.68. The van der Waals surface area contributed by atoms with Crippen LogP contribution in [0, 0.1) is 6.92 Å². The van der Waals surface area contributed by atoms with Crippen LogP contribution in [0.5, 0.6) is 0 Å². The van der Waals surface area contributed by atoms with E-state index in [1.807, 2.05) is 80.6 Å². The number of hydrogen-bond donors (Lipinski definition) is 1. The van der Waals surface area contributed by atoms with Crippen molar-refractivity contribution in [2.75, 3.05) is 6.54 Å². The molecule has 0 radical (unpaired) electrons. The quantitative estimate of drug-likeness (QED) is 0.303. The Bertz CT molecular complexity index is 1400. The second-order valence-corrected chi connectivity index (χ2v) is 9.40. The molecule has 0 fully saturated rings. The van der Waals surface area contributed by atoms with E-state index >= 15 is 0 Å². The van der Waals surface area contributed by atoms with Crippen molar-refractivity contribution in [3.05, 3.63) is 112 Å². The minimum atomic E-state index is -0.439. The predicted octanol–water partition coefficient (Wildman–Crippen LogP) is 6.83. The van der Waals surface area contributed by atoms with Gasteiger partial charge in [0.25, 0.3) is 5.89 Å². The van der Waals surface area contributed by atoms with Gasteiger partial charge in [0.1, 0.15) is 0 Å². The molecule has 3 aromatic carbocycles. The van der Waals surface area contributed by atoms with Crippen LogP contribution < -0.4 is 5.32 Å². The number of hydrogen-bond acceptors (Lipinski definition) is 4. The van der Waals surface area contributed by atoms with E-state index in [0.29, 0.717) is 23.3 Å². The number of carbonyl (C=O) groups excluding carboxylic acids is 1. The fourth-order valence-electron chi connectivity index (χ4n) is 4.55. The summed E-state index contributed by atoms with van der Waals surface area (Å²) in [5.74, 6) is 0.897. The first-order chi connectivity index (χ1) is 17.5. The van der Waals surface area contributed by atoms with Gasteiger partial charge in [-0.3, -0.25) is 4.90 Å². The van der Waals surface area contributed by atoms with Gasteiger partial charge in [0.15, 0.2) is 0 Å². The largest absolute Gasteiger partial charge is 0.334 e. The lowest BCUT2D eigenvalue weighted by Crippen LogP contribution is -2.46. The zero-order chi connectivity index (χ0) is 25.1. The Balaban J connectivity index is 1.49. The van der Waals surface area contributed by atoms with Gasteiger partial charge < -0.3 is 9.84 Å². The van der Waals surface area contributed by atoms with E-state index in [-0.39, 0.29) is 6.03 Å². The number of urea groups is 1. The molecule has 2 amide bonds. The second-order valence-electron chi connectivity index (χ2n) is 8.97. The molecule has 1 aliphatic heterocycles. The summed E-state index contributed by atoms with van der Waals surface area (Å²) in [6.07, 6.45) is 1.71. The van der Waals surface area contributed by atoms with Crippen molar-refractivity contribution in [3.8, 4) is 11.4 Å². The normalized spacial score (nSPS) is 15.8. The maximum Gasteiger partial charge on any atom is 0.322 e. The minimum Gasteiger partial charge on any atom is -0.334 e. The van der Waals surface area contributed by atoms with Gasteiger partial charge >= 0.3 is 6.03 Å². The number of carbonyl (C=O) groups is 1. The SMILES string of the molecule is CC1=C(c2nc(-c3cccc(C)c3)no2)C(c2ccc(Cl)cc2)NC(=O)N1CCCc1ccccc1. The Morgan fingerprint density at radius 1 is 1.00 bits per heavy atom. The number of aryl methyl sites for hydroxylation is 2. The molecule has 0 saturated heterocycles. The van der Waals surface area contributed by atoms with Crippen molar-refractivity contribution in [1.82, 2.24) is 20.4 Å². The van der Waals surface area contributed by atoms with Crippen molar-refractivity contribution in [3.63, 3.8) is 0 Å². The summed E-state index contributed by atoms with van der Waals surface area (Å²) in [6, 6.07) is 25.1. The number of nitrogens with one attached hydrogen (secondary N) is 1. The molecule has 1 aliphatic rings. The molecule has 1 unspecified atom stereocenters. The van der Waals surface area contributed by atoms with Crippen LogP contribution in [0.3, 0.4) is 0 Å². The molecule has 0 saturated carbocycles. The van der Waals surface area contributed by atoms with Gasteiger partial charge in [0.2, 0.25) is 5.82 Å². The Morgan fingerprint density at radius 3 is 2.53 bits per heavy atom. The summed E-state index contributed by atoms with van der Waals surface area (Å²) in [4.78, 5) is 19.7. The molecule has 4 aromatic rings. The number of allylic oxidation sites excluding steroid dienone is 1. The summed E-state index contributed by atoms with van der Waals surface area (Å²) in [6.45, 7) is 4.54. The minimum absolute atomic E-state index is 0.150. The molecule has 1 atom stereocenters. The lowest BCUT2D eigenvalue weighted by molar-refractivity contribution is 0.204. The number of rotatable bonds is 7. The first-order valence-electron chi connectivity index (χ1n) is 12.0. The van der Waals surface area contributed by atoms with Crippen LogP contribution in [-0.2, 0) is 6.42 Å². The summed E-state index contributed by atoms with van der Waals surface area (Å²) >= 11 is 6.13. The van der Waals surface area contributed by atoms with E-state index in [1.54, 1.807) is 4.90 Å². The molecule has 5 rings (SSSR count). The van der Waals surface area contributed by atoms with Gasteiger partial charge in [0, 0.05) is 22.8 Å². The number of amides is 2. The molecule has 1 N–H and O–H groups in total. The smallest absolute Gasteiger partial charge is 0.322 e. The zero-order valence-corrected chi connectivity index (χ0v) is 21.0. The van der Waals surface area contributed by atoms with Crippen LogP contribution in [0.25, 0.3) is 17.0 Å². The lowest BCUT2D eigenvalue weighted by Gasteiger charge is -2.35. The highest BCUT2D eigenvalue weighted by atomic mass is 35.5. The molecular formula is C29H27ClN4O2. The first-order valence-corrected chi connectivity index (χ1v) is 12.4. The van der Waals surface area contributed by atoms with E-state index in [4.69, 9.17) is 21.1 Å². The molecule has 0 bridgehead atoms. The number of aromatic nitrogens is 2. The third-order valence-corrected chi connectivity index (χ3v) is 6.67. The molecule has 6 nitrogen and oxygen atoms in total. The standard InChI is InChI=1S/C29H27ClN4O2/c1-19-8-6-12-23(18-19)27-32-28(36-33-27)25-20(2)34(17-7-11-21-9-4-3-5-10-21)29(35)31-26(25)22-13-15-24(30)16-14-22/h3-6,8-10,12-16,18,26H,7,11,17H2,1-2H3,(H,31,35). The average molecular weight is 499 g/mol. The van der Waals surface area contributed by atoms with Crippen LogP contribution in [0.15, 0.2) is 89.1 Å². The predicted molar refractivity (Wildman–Crippen MR) is 141 cm³/mol. The van der Waals surface area contributed by atoms with E-state index in [2.05, 4.69) is 22.6 Å². The zero-order valence-electron chi connectivity index (χ0n) is 20.2. The van der Waals surface area contributed by atoms with Crippen molar-refractivity contribution >= 4 is 23.2 Å². The number of nitrogens with zero attached hydrogens (tertiary/aromatic N) is 3. The molecule has 7 heteroatoms. The van der Waals surface area contributed by atoms with Gasteiger partial charge in [-0.1, -0.05) is 83.0 Å². The van der Waals surface area contributed by atoms with Gasteiger partial charge in [-0.25, -0.2) is 4.79 Å². The molecular weight excluding hydrogens is 472 g/mol. The Hall–Kier alpha value is -3.90. The first kappa shape index (κ1) is 23.8. The highest BCUT2D eigenvalue weighted by Crippen LogP contribution is 2.37. The number of benzene rings is 3. The van der Waals surface area contributed by atoms with E-state index in [9.17, 15) is 4.79 Å². The van der Waals surface area contributed by atoms with E-state index < -0.39 is 6.04 Å². The summed E-state index contributed by atoms with van der Waals surface area (Å²) in [5, 5.41) is 8.03. The van der Waals surface area contributed by atoms with Crippen LogP contribution in [-0.4, -0.2) is 27.6 Å². The van der Waals surface area contributed by atoms with Crippen LogP contribution in [0.2, 0.25) is 5.02 Å². The summed E-state index contributed by atoms with van der Waals surface area (Å²) < 4.78 is 5.78. The van der Waals surface area contributed by atoms with Crippen LogP contribution in [0.1, 0.15) is 42.0 Å². The molecule has 182 valence electrons. The third-order valence-electron chi connectivity index (χ3n) is 6.42. The highest BCUT2D eigenvalue weighted by Gasteiger charge is 2.35. The topological polar surface area (TPSA) is 71.3 Å². The summed E-state index contributed by atoms with van der Waals surface area (Å²) in [5.41, 5.74) is 5.71. The maximum absolute atomic E-state index is 13.2. The van der Waals surface area contributed by atoms with Crippen LogP contribution in [0.4, 0.5) is 4.79 Å². The molecule has 0 spiro atoms. The second kappa shape index (κ2) is 10.4. The highest BCUT2D eigenvalue weighted by molar-refractivity contribution is 6.30. The Labute approximate surface area is 215 Å². The van der Waals surface area contributed by atoms with Crippen molar-refractivity contribution in [1.29, 1.82) is 0 Å².